The van der Waals surface area contributed by atoms with Crippen LogP contribution in [0.3, 0.4) is 0 Å². The van der Waals surface area contributed by atoms with E-state index in [9.17, 15) is 0 Å². The minimum Gasteiger partial charge on any atom is -0.333 e. The largest absolute Gasteiger partial charge is 0.333 e. The summed E-state index contributed by atoms with van der Waals surface area (Å²) in [6.45, 7) is 2.20. The zero-order valence-electron chi connectivity index (χ0n) is 12.9. The van der Waals surface area contributed by atoms with Gasteiger partial charge in [0.1, 0.15) is 5.69 Å². The van der Waals surface area contributed by atoms with Gasteiger partial charge < -0.3 is 4.57 Å². The Labute approximate surface area is 129 Å². The molecular weight excluding hydrogens is 276 g/mol. The molecule has 114 valence electrons. The van der Waals surface area contributed by atoms with E-state index in [1.54, 1.807) is 12.4 Å². The molecule has 3 aromatic heterocycles. The molecule has 0 aromatic carbocycles. The number of hydrogen-bond donors (Lipinski definition) is 0. The number of rotatable bonds is 6. The molecule has 6 nitrogen and oxygen atoms in total. The van der Waals surface area contributed by atoms with Gasteiger partial charge in [0.05, 0.1) is 12.2 Å². The van der Waals surface area contributed by atoms with Crippen LogP contribution < -0.4 is 0 Å². The normalized spacial score (nSPS) is 12.5. The van der Waals surface area contributed by atoms with Crippen LogP contribution in [0.15, 0.2) is 43.1 Å². The summed E-state index contributed by atoms with van der Waals surface area (Å²) in [5.41, 5.74) is 1.95. The van der Waals surface area contributed by atoms with Crippen molar-refractivity contribution in [3.63, 3.8) is 0 Å². The number of imidazole rings is 1. The van der Waals surface area contributed by atoms with Crippen LogP contribution in [0.1, 0.15) is 37.8 Å². The number of aryl methyl sites for hydroxylation is 1. The summed E-state index contributed by atoms with van der Waals surface area (Å²) in [5, 5.41) is 8.61. The first-order chi connectivity index (χ1) is 10.8. The third kappa shape index (κ3) is 2.90. The molecule has 1 atom stereocenters. The van der Waals surface area contributed by atoms with Crippen molar-refractivity contribution in [1.29, 1.82) is 0 Å². The summed E-state index contributed by atoms with van der Waals surface area (Å²) in [6.07, 6.45) is 12.6. The van der Waals surface area contributed by atoms with E-state index in [1.807, 2.05) is 41.0 Å². The summed E-state index contributed by atoms with van der Waals surface area (Å²) in [4.78, 5) is 8.56. The topological polar surface area (TPSA) is 61.4 Å². The Kier molecular flexibility index (Phi) is 4.27. The lowest BCUT2D eigenvalue weighted by atomic mass is 10.0. The van der Waals surface area contributed by atoms with Gasteiger partial charge >= 0.3 is 0 Å². The van der Waals surface area contributed by atoms with Gasteiger partial charge in [0, 0.05) is 31.8 Å². The summed E-state index contributed by atoms with van der Waals surface area (Å²) < 4.78 is 3.87. The van der Waals surface area contributed by atoms with Crippen LogP contribution in [0.2, 0.25) is 0 Å². The lowest BCUT2D eigenvalue weighted by molar-refractivity contribution is 0.459. The van der Waals surface area contributed by atoms with Crippen molar-refractivity contribution in [2.24, 2.45) is 7.05 Å². The fraction of sp³-hybridized carbons (Fsp3) is 0.375. The highest BCUT2D eigenvalue weighted by atomic mass is 15.4. The van der Waals surface area contributed by atoms with Gasteiger partial charge in [-0.1, -0.05) is 31.0 Å². The molecule has 3 rings (SSSR count). The number of unbranched alkanes of at least 4 members (excludes halogenated alkanes) is 1. The van der Waals surface area contributed by atoms with Crippen LogP contribution in [0.4, 0.5) is 0 Å². The van der Waals surface area contributed by atoms with Crippen molar-refractivity contribution >= 4 is 0 Å². The molecule has 0 aliphatic carbocycles. The predicted octanol–water partition coefficient (Wildman–Crippen LogP) is 2.85. The molecule has 0 bridgehead atoms. The maximum atomic E-state index is 4.33. The average molecular weight is 296 g/mol. The summed E-state index contributed by atoms with van der Waals surface area (Å²) in [7, 11) is 1.96. The molecule has 3 heterocycles. The highest BCUT2D eigenvalue weighted by molar-refractivity contribution is 5.47. The maximum Gasteiger partial charge on any atom is 0.161 e. The lowest BCUT2D eigenvalue weighted by Crippen LogP contribution is -2.12. The van der Waals surface area contributed by atoms with Gasteiger partial charge in [-0.05, 0) is 18.1 Å². The van der Waals surface area contributed by atoms with Crippen molar-refractivity contribution in [1.82, 2.24) is 29.5 Å². The Hall–Kier alpha value is -2.50. The molecular formula is C16H20N6. The second-order valence-corrected chi connectivity index (χ2v) is 5.39. The zero-order valence-corrected chi connectivity index (χ0v) is 12.9. The highest BCUT2D eigenvalue weighted by Gasteiger charge is 2.17. The third-order valence-corrected chi connectivity index (χ3v) is 3.78. The number of pyridine rings is 1. The molecule has 0 aliphatic rings. The second kappa shape index (κ2) is 6.51. The monoisotopic (exact) mass is 296 g/mol. The minimum atomic E-state index is 0.162. The predicted molar refractivity (Wildman–Crippen MR) is 84.1 cm³/mol. The van der Waals surface area contributed by atoms with Gasteiger partial charge in [-0.2, -0.15) is 0 Å². The molecule has 0 radical (unpaired) electrons. The van der Waals surface area contributed by atoms with Crippen LogP contribution in [0.25, 0.3) is 11.5 Å². The van der Waals surface area contributed by atoms with Gasteiger partial charge in [0.2, 0.25) is 0 Å². The summed E-state index contributed by atoms with van der Waals surface area (Å²) in [5.74, 6) is 0.826. The third-order valence-electron chi connectivity index (χ3n) is 3.78. The molecule has 0 spiro atoms. The average Bonchev–Trinajstić information content (AvgIpc) is 3.18. The fourth-order valence-electron chi connectivity index (χ4n) is 2.57. The quantitative estimate of drug-likeness (QED) is 0.701. The first kappa shape index (κ1) is 14.4. The van der Waals surface area contributed by atoms with E-state index in [4.69, 9.17) is 0 Å². The zero-order chi connectivity index (χ0) is 15.4. The second-order valence-electron chi connectivity index (χ2n) is 5.39. The van der Waals surface area contributed by atoms with E-state index >= 15 is 0 Å². The van der Waals surface area contributed by atoms with Gasteiger partial charge in [-0.15, -0.1) is 5.10 Å². The smallest absolute Gasteiger partial charge is 0.161 e. The number of nitrogens with zero attached hydrogens (tertiary/aromatic N) is 6. The molecule has 0 N–H and O–H groups in total. The van der Waals surface area contributed by atoms with Crippen molar-refractivity contribution in [3.05, 3.63) is 48.7 Å². The maximum absolute atomic E-state index is 4.33. The van der Waals surface area contributed by atoms with Gasteiger partial charge in [0.15, 0.2) is 5.82 Å². The molecule has 22 heavy (non-hydrogen) atoms. The molecule has 3 aromatic rings. The summed E-state index contributed by atoms with van der Waals surface area (Å²) in [6, 6.07) is 4.22. The Bertz CT molecular complexity index is 715. The summed E-state index contributed by atoms with van der Waals surface area (Å²) >= 11 is 0. The first-order valence-corrected chi connectivity index (χ1v) is 7.59. The standard InChI is InChI=1S/C16H20N6/c1-3-4-7-15(13-6-5-8-17-11-13)22-12-14(19-20-22)16-18-9-10-21(16)2/h5-6,8-12,15H,3-4,7H2,1-2H3/t15-/m0/s1. The van der Waals surface area contributed by atoms with Crippen molar-refractivity contribution in [3.8, 4) is 11.5 Å². The Morgan fingerprint density at radius 1 is 1.27 bits per heavy atom. The Morgan fingerprint density at radius 2 is 2.18 bits per heavy atom. The van der Waals surface area contributed by atoms with Gasteiger partial charge in [0.25, 0.3) is 0 Å². The van der Waals surface area contributed by atoms with Crippen molar-refractivity contribution in [2.75, 3.05) is 0 Å². The van der Waals surface area contributed by atoms with E-state index in [2.05, 4.69) is 33.3 Å². The van der Waals surface area contributed by atoms with Gasteiger partial charge in [-0.3, -0.25) is 4.98 Å². The van der Waals surface area contributed by atoms with Gasteiger partial charge in [-0.25, -0.2) is 9.67 Å². The highest BCUT2D eigenvalue weighted by Crippen LogP contribution is 2.24. The van der Waals surface area contributed by atoms with Crippen LogP contribution in [0, 0.1) is 0 Å². The van der Waals surface area contributed by atoms with E-state index < -0.39 is 0 Å². The van der Waals surface area contributed by atoms with Crippen LogP contribution in [-0.4, -0.2) is 29.5 Å². The lowest BCUT2D eigenvalue weighted by Gasteiger charge is -2.16. The molecule has 0 saturated carbocycles. The molecule has 0 aliphatic heterocycles. The first-order valence-electron chi connectivity index (χ1n) is 7.59. The minimum absolute atomic E-state index is 0.162. The number of aromatic nitrogens is 6. The van der Waals surface area contributed by atoms with Crippen molar-refractivity contribution in [2.45, 2.75) is 32.2 Å². The van der Waals surface area contributed by atoms with E-state index in [-0.39, 0.29) is 6.04 Å². The van der Waals surface area contributed by atoms with E-state index in [0.29, 0.717) is 0 Å². The molecule has 0 amide bonds. The SMILES string of the molecule is CCCC[C@@H](c1cccnc1)n1cc(-c2nccn2C)nn1. The molecule has 0 unspecified atom stereocenters. The van der Waals surface area contributed by atoms with Crippen molar-refractivity contribution < 1.29 is 0 Å². The van der Waals surface area contributed by atoms with Crippen LogP contribution in [-0.2, 0) is 7.05 Å². The van der Waals surface area contributed by atoms with E-state index in [0.717, 1.165) is 36.3 Å². The Balaban J connectivity index is 1.92. The number of hydrogen-bond acceptors (Lipinski definition) is 4. The van der Waals surface area contributed by atoms with Crippen LogP contribution >= 0.6 is 0 Å². The fourth-order valence-corrected chi connectivity index (χ4v) is 2.57. The van der Waals surface area contributed by atoms with E-state index in [1.165, 1.54) is 0 Å². The molecule has 0 fully saturated rings. The Morgan fingerprint density at radius 3 is 2.86 bits per heavy atom. The van der Waals surface area contributed by atoms with Crippen LogP contribution in [0.5, 0.6) is 0 Å². The molecule has 0 saturated heterocycles. The molecule has 6 heteroatoms.